The molecule has 2 heterocycles. The summed E-state index contributed by atoms with van der Waals surface area (Å²) in [6, 6.07) is 13.2. The van der Waals surface area contributed by atoms with E-state index in [1.165, 1.54) is 0 Å². The number of aromatic amines is 1. The van der Waals surface area contributed by atoms with E-state index in [-0.39, 0.29) is 17.7 Å². The van der Waals surface area contributed by atoms with Crippen molar-refractivity contribution in [3.05, 3.63) is 66.5 Å². The predicted octanol–water partition coefficient (Wildman–Crippen LogP) is 1.83. The molecule has 0 radical (unpaired) electrons. The number of fused-ring (bicyclic) bond motifs is 2. The molecule has 0 spiro atoms. The van der Waals surface area contributed by atoms with Gasteiger partial charge in [-0.1, -0.05) is 30.3 Å². The summed E-state index contributed by atoms with van der Waals surface area (Å²) >= 11 is 0. The number of H-pyrrole nitrogens is 1. The summed E-state index contributed by atoms with van der Waals surface area (Å²) in [5, 5.41) is 1.39. The van der Waals surface area contributed by atoms with Crippen molar-refractivity contribution in [1.82, 2.24) is 9.71 Å². The van der Waals surface area contributed by atoms with Crippen molar-refractivity contribution in [3.63, 3.8) is 0 Å². The molecule has 0 aliphatic carbocycles. The smallest absolute Gasteiger partial charge is 0.423 e. The Morgan fingerprint density at radius 3 is 2.59 bits per heavy atom. The number of esters is 1. The predicted molar refractivity (Wildman–Crippen MR) is 106 cm³/mol. The number of benzene rings is 2. The summed E-state index contributed by atoms with van der Waals surface area (Å²) in [6.45, 7) is 0. The lowest BCUT2D eigenvalue weighted by atomic mass is 10.1. The van der Waals surface area contributed by atoms with Gasteiger partial charge in [-0.3, -0.25) is 8.84 Å². The van der Waals surface area contributed by atoms with Crippen molar-refractivity contribution < 1.29 is 26.8 Å². The van der Waals surface area contributed by atoms with Crippen LogP contribution in [0.3, 0.4) is 0 Å². The van der Waals surface area contributed by atoms with Crippen LogP contribution in [0.25, 0.3) is 21.8 Å². The second-order valence-corrected chi connectivity index (χ2v) is 7.43. The number of para-hydroxylation sites is 2. The molecule has 0 unspecified atom stereocenters. The van der Waals surface area contributed by atoms with Gasteiger partial charge in [-0.15, -0.1) is 0 Å². The molecular formula is C19H17N3O6S. The molecule has 150 valence electrons. The van der Waals surface area contributed by atoms with Crippen LogP contribution in [0, 0.1) is 0 Å². The van der Waals surface area contributed by atoms with Crippen molar-refractivity contribution in [2.75, 3.05) is 0 Å². The van der Waals surface area contributed by atoms with E-state index in [4.69, 9.17) is 15.0 Å². The monoisotopic (exact) mass is 415 g/mol. The lowest BCUT2D eigenvalue weighted by Gasteiger charge is -2.10. The summed E-state index contributed by atoms with van der Waals surface area (Å²) in [4.78, 5) is 15.7. The van der Waals surface area contributed by atoms with Gasteiger partial charge in [0.15, 0.2) is 5.75 Å². The van der Waals surface area contributed by atoms with Gasteiger partial charge in [-0.2, -0.15) is 13.1 Å². The summed E-state index contributed by atoms with van der Waals surface area (Å²) < 4.78 is 41.7. The van der Waals surface area contributed by atoms with E-state index in [0.29, 0.717) is 5.39 Å². The van der Waals surface area contributed by atoms with Gasteiger partial charge < -0.3 is 15.5 Å². The molecule has 4 N–H and O–H groups in total. The van der Waals surface area contributed by atoms with Gasteiger partial charge in [0, 0.05) is 28.9 Å². The number of rotatable bonds is 6. The van der Waals surface area contributed by atoms with E-state index in [1.54, 1.807) is 30.5 Å². The van der Waals surface area contributed by atoms with Gasteiger partial charge in [0.05, 0.1) is 11.7 Å². The zero-order valence-corrected chi connectivity index (χ0v) is 15.8. The number of aromatic nitrogens is 2. The molecule has 0 saturated heterocycles. The van der Waals surface area contributed by atoms with Crippen LogP contribution < -0.4 is 14.8 Å². The van der Waals surface area contributed by atoms with Crippen molar-refractivity contribution in [3.8, 4) is 5.75 Å². The molecule has 0 aliphatic heterocycles. The molecule has 0 amide bonds. The Balaban J connectivity index is 1.57. The van der Waals surface area contributed by atoms with Crippen LogP contribution in [0.5, 0.6) is 5.75 Å². The summed E-state index contributed by atoms with van der Waals surface area (Å²) in [5.41, 5.74) is 8.14. The fourth-order valence-electron chi connectivity index (χ4n) is 3.17. The van der Waals surface area contributed by atoms with Gasteiger partial charge in [-0.25, -0.2) is 4.79 Å². The van der Waals surface area contributed by atoms with Gasteiger partial charge in [0.25, 0.3) is 0 Å². The Labute approximate surface area is 165 Å². The second-order valence-electron chi connectivity index (χ2n) is 6.43. The van der Waals surface area contributed by atoms with Gasteiger partial charge in [0.1, 0.15) is 6.04 Å². The van der Waals surface area contributed by atoms with E-state index in [1.807, 2.05) is 24.3 Å². The standard InChI is InChI=1S/C19H17N3O6S/c20-15(9-12-10-21-16-7-3-1-5-13(12)16)19(23)27-18-11-22(28-29(24,25)26)17-8-4-2-6-14(17)18/h1-8,10-11,15,21H,9,20H2,(H,24,25,26)/t15-/m0/s1. The summed E-state index contributed by atoms with van der Waals surface area (Å²) in [7, 11) is -4.76. The number of hydrogen-bond acceptors (Lipinski definition) is 6. The average molecular weight is 415 g/mol. The quantitative estimate of drug-likeness (QED) is 0.323. The first-order valence-corrected chi connectivity index (χ1v) is 9.98. The van der Waals surface area contributed by atoms with Gasteiger partial charge >= 0.3 is 16.4 Å². The first-order valence-electron chi connectivity index (χ1n) is 8.61. The maximum absolute atomic E-state index is 12.5. The molecule has 29 heavy (non-hydrogen) atoms. The summed E-state index contributed by atoms with van der Waals surface area (Å²) in [6.07, 6.45) is 3.20. The number of nitrogens with zero attached hydrogens (tertiary/aromatic N) is 1. The lowest BCUT2D eigenvalue weighted by Crippen LogP contribution is -2.36. The second kappa shape index (κ2) is 7.24. The number of nitrogens with one attached hydrogen (secondary N) is 1. The highest BCUT2D eigenvalue weighted by Crippen LogP contribution is 2.28. The highest BCUT2D eigenvalue weighted by molar-refractivity contribution is 7.81. The molecule has 2 aromatic carbocycles. The number of ether oxygens (including phenoxy) is 1. The molecule has 0 bridgehead atoms. The molecule has 9 nitrogen and oxygen atoms in total. The number of nitrogens with two attached hydrogens (primary N) is 1. The van der Waals surface area contributed by atoms with Crippen LogP contribution in [0.4, 0.5) is 0 Å². The lowest BCUT2D eigenvalue weighted by molar-refractivity contribution is -0.135. The third-order valence-electron chi connectivity index (χ3n) is 4.44. The highest BCUT2D eigenvalue weighted by Gasteiger charge is 2.22. The van der Waals surface area contributed by atoms with Crippen molar-refractivity contribution in [2.24, 2.45) is 5.73 Å². The van der Waals surface area contributed by atoms with Crippen molar-refractivity contribution >= 4 is 38.2 Å². The van der Waals surface area contributed by atoms with Crippen molar-refractivity contribution in [2.45, 2.75) is 12.5 Å². The maximum Gasteiger partial charge on any atom is 0.465 e. The molecule has 2 aromatic heterocycles. The van der Waals surface area contributed by atoms with Crippen LogP contribution in [0.15, 0.2) is 60.9 Å². The van der Waals surface area contributed by atoms with Crippen LogP contribution in [-0.2, 0) is 21.6 Å². The summed E-state index contributed by atoms with van der Waals surface area (Å²) in [5.74, 6) is -0.631. The zero-order chi connectivity index (χ0) is 20.6. The van der Waals surface area contributed by atoms with E-state index < -0.39 is 22.4 Å². The highest BCUT2D eigenvalue weighted by atomic mass is 32.3. The Hall–Kier alpha value is -3.34. The van der Waals surface area contributed by atoms with E-state index in [2.05, 4.69) is 9.27 Å². The van der Waals surface area contributed by atoms with Crippen LogP contribution in [-0.4, -0.2) is 34.7 Å². The Kier molecular flexibility index (Phi) is 4.74. The molecule has 4 aromatic rings. The first-order chi connectivity index (χ1) is 13.8. The fraction of sp³-hybridized carbons (Fsp3) is 0.105. The van der Waals surface area contributed by atoms with E-state index >= 15 is 0 Å². The van der Waals surface area contributed by atoms with Crippen molar-refractivity contribution in [1.29, 1.82) is 0 Å². The van der Waals surface area contributed by atoms with Gasteiger partial charge in [0.2, 0.25) is 0 Å². The minimum Gasteiger partial charge on any atom is -0.423 e. The Morgan fingerprint density at radius 2 is 1.83 bits per heavy atom. The van der Waals surface area contributed by atoms with E-state index in [9.17, 15) is 13.2 Å². The molecule has 4 rings (SSSR count). The normalized spacial score (nSPS) is 12.9. The fourth-order valence-corrected chi connectivity index (χ4v) is 3.50. The number of carbonyl (C=O) groups is 1. The van der Waals surface area contributed by atoms with Crippen LogP contribution >= 0.6 is 0 Å². The topological polar surface area (TPSA) is 137 Å². The Bertz CT molecular complexity index is 1310. The maximum atomic E-state index is 12.5. The van der Waals surface area contributed by atoms with E-state index in [0.717, 1.165) is 27.4 Å². The zero-order valence-electron chi connectivity index (χ0n) is 15.0. The third kappa shape index (κ3) is 3.94. The van der Waals surface area contributed by atoms with Crippen LogP contribution in [0.1, 0.15) is 5.56 Å². The minimum absolute atomic E-state index is 0.0589. The Morgan fingerprint density at radius 1 is 1.14 bits per heavy atom. The third-order valence-corrected chi connectivity index (χ3v) is 4.79. The molecule has 0 fully saturated rings. The number of hydrogen-bond donors (Lipinski definition) is 3. The first kappa shape index (κ1) is 19.0. The average Bonchev–Trinajstić information content (AvgIpc) is 3.23. The molecule has 10 heteroatoms. The molecule has 0 saturated carbocycles. The SMILES string of the molecule is N[C@@H](Cc1c[nH]c2ccccc12)C(=O)Oc1cn(OS(=O)(=O)O)c2ccccc12. The molecule has 0 aliphatic rings. The molecule has 1 atom stereocenters. The largest absolute Gasteiger partial charge is 0.465 e. The minimum atomic E-state index is -4.76. The number of carbonyl (C=O) groups excluding carboxylic acids is 1. The molecular weight excluding hydrogens is 398 g/mol. The van der Waals surface area contributed by atoms with Crippen LogP contribution in [0.2, 0.25) is 0 Å². The van der Waals surface area contributed by atoms with Gasteiger partial charge in [-0.05, 0) is 23.8 Å².